The number of nitrogens with two attached hydrogens (primary N) is 1. The maximum absolute atomic E-state index is 13.0. The summed E-state index contributed by atoms with van der Waals surface area (Å²) in [5.74, 6) is -0.422. The first-order valence-corrected chi connectivity index (χ1v) is 9.75. The van der Waals surface area contributed by atoms with E-state index in [-0.39, 0.29) is 11.5 Å². The Kier molecular flexibility index (Phi) is 4.47. The average Bonchev–Trinajstić information content (AvgIpc) is 3.23. The van der Waals surface area contributed by atoms with Crippen LogP contribution in [0.1, 0.15) is 24.0 Å². The van der Waals surface area contributed by atoms with Gasteiger partial charge < -0.3 is 10.8 Å². The van der Waals surface area contributed by atoms with E-state index in [1.54, 1.807) is 12.1 Å². The Morgan fingerprint density at radius 1 is 1.12 bits per heavy atom. The molecular weight excluding hydrogens is 346 g/mol. The molecule has 4 nitrogen and oxygen atoms in total. The van der Waals surface area contributed by atoms with Gasteiger partial charge in [-0.15, -0.1) is 0 Å². The summed E-state index contributed by atoms with van der Waals surface area (Å²) in [6.07, 6.45) is 0.908. The molecule has 6 heteroatoms. The van der Waals surface area contributed by atoms with Crippen LogP contribution in [0.4, 0.5) is 0 Å². The Labute approximate surface area is 147 Å². The smallest absolute Gasteiger partial charge is 0.183 e. The first kappa shape index (κ1) is 17.4. The lowest BCUT2D eigenvalue weighted by Gasteiger charge is -2.08. The molecule has 0 spiro atoms. The van der Waals surface area contributed by atoms with Crippen LogP contribution < -0.4 is 5.73 Å². The van der Waals surface area contributed by atoms with Crippen LogP contribution in [0.15, 0.2) is 53.4 Å². The molecule has 1 aliphatic rings. The molecule has 0 radical (unpaired) electrons. The zero-order valence-corrected chi connectivity index (χ0v) is 14.9. The lowest BCUT2D eigenvalue weighted by molar-refractivity contribution is 0.253. The molecule has 128 valence electrons. The zero-order chi connectivity index (χ0) is 17.5. The van der Waals surface area contributed by atoms with Gasteiger partial charge in [0.25, 0.3) is 0 Å². The second-order valence-electron chi connectivity index (χ2n) is 6.26. The van der Waals surface area contributed by atoms with Gasteiger partial charge in [-0.25, -0.2) is 8.42 Å². The fourth-order valence-electron chi connectivity index (χ4n) is 3.30. The predicted octanol–water partition coefficient (Wildman–Crippen LogP) is 2.53. The minimum atomic E-state index is -3.66. The second-order valence-corrected chi connectivity index (χ2v) is 8.77. The summed E-state index contributed by atoms with van der Waals surface area (Å²) in [6, 6.07) is 13.8. The quantitative estimate of drug-likeness (QED) is 0.853. The molecule has 1 aliphatic carbocycles. The van der Waals surface area contributed by atoms with Crippen LogP contribution in [0.5, 0.6) is 0 Å². The van der Waals surface area contributed by atoms with E-state index in [9.17, 15) is 13.5 Å². The van der Waals surface area contributed by atoms with Gasteiger partial charge in [0.1, 0.15) is 0 Å². The van der Waals surface area contributed by atoms with E-state index in [2.05, 4.69) is 6.92 Å². The molecule has 3 N–H and O–H groups in total. The van der Waals surface area contributed by atoms with Crippen molar-refractivity contribution in [2.24, 2.45) is 5.73 Å². The molecule has 0 saturated heterocycles. The third-order valence-corrected chi connectivity index (χ3v) is 7.36. The van der Waals surface area contributed by atoms with Gasteiger partial charge in [-0.3, -0.25) is 0 Å². The van der Waals surface area contributed by atoms with Crippen LogP contribution in [0.25, 0.3) is 0 Å². The number of halogens is 1. The third kappa shape index (κ3) is 2.75. The molecule has 0 unspecified atom stereocenters. The molecule has 0 aromatic heterocycles. The van der Waals surface area contributed by atoms with Crippen molar-refractivity contribution in [1.29, 1.82) is 0 Å². The van der Waals surface area contributed by atoms with Crippen LogP contribution in [0, 0.1) is 0 Å². The van der Waals surface area contributed by atoms with Gasteiger partial charge in [0.15, 0.2) is 9.84 Å². The summed E-state index contributed by atoms with van der Waals surface area (Å²) in [6.45, 7) is 1.67. The fraction of sp³-hybridized carbons (Fsp3) is 0.333. The number of hydrogen-bond donors (Lipinski definition) is 2. The highest BCUT2D eigenvalue weighted by Gasteiger charge is 2.69. The maximum atomic E-state index is 13.0. The SMILES string of the molecule is CCc1ccc([C@@H]2[C@H](S(=O)(=O)c3ccc(Cl)cc3)[C@@]2(N)CO)cc1. The highest BCUT2D eigenvalue weighted by Crippen LogP contribution is 2.55. The third-order valence-electron chi connectivity index (χ3n) is 4.80. The van der Waals surface area contributed by atoms with Crippen LogP contribution in [0.2, 0.25) is 5.02 Å². The van der Waals surface area contributed by atoms with Crippen molar-refractivity contribution in [2.75, 3.05) is 6.61 Å². The summed E-state index contributed by atoms with van der Waals surface area (Å²) in [7, 11) is -3.66. The van der Waals surface area contributed by atoms with Gasteiger partial charge in [-0.05, 0) is 41.8 Å². The molecule has 24 heavy (non-hydrogen) atoms. The van der Waals surface area contributed by atoms with Gasteiger partial charge in [0.05, 0.1) is 22.3 Å². The Morgan fingerprint density at radius 2 is 1.71 bits per heavy atom. The van der Waals surface area contributed by atoms with Gasteiger partial charge in [0.2, 0.25) is 0 Å². The van der Waals surface area contributed by atoms with Gasteiger partial charge in [-0.2, -0.15) is 0 Å². The zero-order valence-electron chi connectivity index (χ0n) is 13.3. The van der Waals surface area contributed by atoms with Crippen LogP contribution in [0.3, 0.4) is 0 Å². The highest BCUT2D eigenvalue weighted by atomic mass is 35.5. The average molecular weight is 366 g/mol. The monoisotopic (exact) mass is 365 g/mol. The molecule has 2 aromatic carbocycles. The van der Waals surface area contributed by atoms with E-state index in [1.807, 2.05) is 24.3 Å². The summed E-state index contributed by atoms with van der Waals surface area (Å²) in [5.41, 5.74) is 7.08. The van der Waals surface area contributed by atoms with E-state index in [0.29, 0.717) is 5.02 Å². The molecule has 1 saturated carbocycles. The van der Waals surface area contributed by atoms with Crippen LogP contribution in [-0.2, 0) is 16.3 Å². The van der Waals surface area contributed by atoms with Crippen molar-refractivity contribution in [2.45, 2.75) is 34.9 Å². The Hall–Kier alpha value is -1.40. The van der Waals surface area contributed by atoms with Crippen molar-refractivity contribution < 1.29 is 13.5 Å². The summed E-state index contributed by atoms with van der Waals surface area (Å²) >= 11 is 5.83. The lowest BCUT2D eigenvalue weighted by atomic mass is 10.0. The van der Waals surface area contributed by atoms with E-state index in [1.165, 1.54) is 17.7 Å². The van der Waals surface area contributed by atoms with Crippen LogP contribution >= 0.6 is 11.6 Å². The van der Waals surface area contributed by atoms with Crippen molar-refractivity contribution in [3.05, 3.63) is 64.7 Å². The van der Waals surface area contributed by atoms with Gasteiger partial charge >= 0.3 is 0 Å². The predicted molar refractivity (Wildman–Crippen MR) is 95.0 cm³/mol. The molecule has 2 aromatic rings. The number of aliphatic hydroxyl groups is 1. The van der Waals surface area contributed by atoms with E-state index >= 15 is 0 Å². The van der Waals surface area contributed by atoms with E-state index < -0.39 is 26.5 Å². The number of rotatable bonds is 5. The van der Waals surface area contributed by atoms with Crippen molar-refractivity contribution in [3.63, 3.8) is 0 Å². The van der Waals surface area contributed by atoms with Crippen LogP contribution in [-0.4, -0.2) is 30.9 Å². The minimum absolute atomic E-state index is 0.174. The number of aliphatic hydroxyl groups excluding tert-OH is 1. The molecule has 1 fully saturated rings. The topological polar surface area (TPSA) is 80.4 Å². The van der Waals surface area contributed by atoms with Crippen molar-refractivity contribution >= 4 is 21.4 Å². The maximum Gasteiger partial charge on any atom is 0.183 e. The van der Waals surface area contributed by atoms with Crippen molar-refractivity contribution in [3.8, 4) is 0 Å². The summed E-state index contributed by atoms with van der Waals surface area (Å²) in [4.78, 5) is 0.174. The minimum Gasteiger partial charge on any atom is -0.394 e. The summed E-state index contributed by atoms with van der Waals surface area (Å²) < 4.78 is 25.9. The number of aryl methyl sites for hydroxylation is 1. The van der Waals surface area contributed by atoms with Crippen molar-refractivity contribution in [1.82, 2.24) is 0 Å². The molecule has 0 bridgehead atoms. The molecule has 0 amide bonds. The van der Waals surface area contributed by atoms with Gasteiger partial charge in [-0.1, -0.05) is 42.8 Å². The number of sulfone groups is 1. The highest BCUT2D eigenvalue weighted by molar-refractivity contribution is 7.92. The number of benzene rings is 2. The first-order valence-electron chi connectivity index (χ1n) is 7.82. The van der Waals surface area contributed by atoms with E-state index in [0.717, 1.165) is 12.0 Å². The first-order chi connectivity index (χ1) is 11.3. The standard InChI is InChI=1S/C18H20ClNO3S/c1-2-12-3-5-13(6-4-12)16-17(18(16,20)11-21)24(22,23)15-9-7-14(19)8-10-15/h3-10,16-17,21H,2,11,20H2,1H3/t16-,17+,18-/m1/s1. The largest absolute Gasteiger partial charge is 0.394 e. The molecule has 3 rings (SSSR count). The number of hydrogen-bond acceptors (Lipinski definition) is 4. The lowest BCUT2D eigenvalue weighted by Crippen LogP contribution is -2.35. The molecule has 3 atom stereocenters. The Balaban J connectivity index is 1.98. The Bertz CT molecular complexity index is 834. The second kappa shape index (κ2) is 6.15. The molecule has 0 heterocycles. The Morgan fingerprint density at radius 3 is 2.21 bits per heavy atom. The summed E-state index contributed by atoms with van der Waals surface area (Å²) in [5, 5.41) is 9.34. The van der Waals surface area contributed by atoms with Gasteiger partial charge in [0, 0.05) is 10.9 Å². The molecular formula is C18H20ClNO3S. The van der Waals surface area contributed by atoms with E-state index in [4.69, 9.17) is 17.3 Å². The normalized spacial score (nSPS) is 26.3. The molecule has 0 aliphatic heterocycles. The fourth-order valence-corrected chi connectivity index (χ4v) is 5.72.